The van der Waals surface area contributed by atoms with Crippen LogP contribution in [0.4, 0.5) is 28.8 Å². The maximum Gasteiger partial charge on any atom is 0.318 e. The average Bonchev–Trinajstić information content (AvgIpc) is 3.11. The number of carbonyl (C=O) groups is 1. The number of nitrogens with zero attached hydrogens (tertiary/aromatic N) is 3. The molecule has 0 radical (unpaired) electrons. The number of ether oxygens (including phenoxy) is 2. The Morgan fingerprint density at radius 1 is 1.17 bits per heavy atom. The van der Waals surface area contributed by atoms with Gasteiger partial charge in [0.25, 0.3) is 5.88 Å². The molecule has 0 atom stereocenters. The van der Waals surface area contributed by atoms with Crippen LogP contribution in [0.25, 0.3) is 0 Å². The zero-order chi connectivity index (χ0) is 21.0. The Morgan fingerprint density at radius 3 is 2.55 bits per heavy atom. The van der Waals surface area contributed by atoms with Crippen molar-refractivity contribution in [3.8, 4) is 11.6 Å². The number of carbonyl (C=O) groups excluding carboxylic acids is 1. The van der Waals surface area contributed by atoms with Gasteiger partial charge in [-0.3, -0.25) is 9.89 Å². The first-order chi connectivity index (χ1) is 13.8. The standard InChI is InChI=1S/C19H23N7O3/c1-19(2,3)17(27)29-16-14(10-22-26-16)24-18-21-9-13(20)15(25-18)23-11-5-7-12(28-4)8-6-11/h5-10H,20H2,1-4H3,(H,22,26)(H2,21,23,24,25). The number of anilines is 5. The predicted octanol–water partition coefficient (Wildman–Crippen LogP) is 3.23. The van der Waals surface area contributed by atoms with Gasteiger partial charge in [0.15, 0.2) is 5.82 Å². The van der Waals surface area contributed by atoms with Crippen molar-refractivity contribution in [1.82, 2.24) is 20.2 Å². The Morgan fingerprint density at radius 2 is 1.90 bits per heavy atom. The van der Waals surface area contributed by atoms with Gasteiger partial charge in [-0.05, 0) is 45.0 Å². The number of rotatable bonds is 6. The van der Waals surface area contributed by atoms with Gasteiger partial charge in [-0.1, -0.05) is 0 Å². The molecule has 0 aliphatic heterocycles. The molecule has 0 aliphatic rings. The van der Waals surface area contributed by atoms with Crippen LogP contribution in [0.15, 0.2) is 36.7 Å². The molecule has 0 bridgehead atoms. The lowest BCUT2D eigenvalue weighted by atomic mass is 9.97. The fourth-order valence-electron chi connectivity index (χ4n) is 2.17. The van der Waals surface area contributed by atoms with E-state index in [1.54, 1.807) is 34.1 Å². The van der Waals surface area contributed by atoms with E-state index in [1.807, 2.05) is 24.3 Å². The van der Waals surface area contributed by atoms with Gasteiger partial charge >= 0.3 is 5.97 Å². The molecule has 3 aromatic rings. The summed E-state index contributed by atoms with van der Waals surface area (Å²) in [6, 6.07) is 7.32. The molecule has 0 saturated heterocycles. The van der Waals surface area contributed by atoms with Crippen molar-refractivity contribution in [3.05, 3.63) is 36.7 Å². The summed E-state index contributed by atoms with van der Waals surface area (Å²) in [7, 11) is 1.60. The highest BCUT2D eigenvalue weighted by Crippen LogP contribution is 2.28. The van der Waals surface area contributed by atoms with Crippen molar-refractivity contribution in [2.75, 3.05) is 23.5 Å². The molecule has 0 spiro atoms. The predicted molar refractivity (Wildman–Crippen MR) is 110 cm³/mol. The van der Waals surface area contributed by atoms with Crippen LogP contribution in [0, 0.1) is 5.41 Å². The zero-order valence-corrected chi connectivity index (χ0v) is 16.6. The molecule has 2 aromatic heterocycles. The van der Waals surface area contributed by atoms with Crippen molar-refractivity contribution in [2.45, 2.75) is 20.8 Å². The third kappa shape index (κ3) is 4.92. The summed E-state index contributed by atoms with van der Waals surface area (Å²) in [4.78, 5) is 20.7. The summed E-state index contributed by atoms with van der Waals surface area (Å²) >= 11 is 0. The first-order valence-electron chi connectivity index (χ1n) is 8.83. The van der Waals surface area contributed by atoms with Gasteiger partial charge in [0, 0.05) is 11.9 Å². The van der Waals surface area contributed by atoms with Crippen molar-refractivity contribution < 1.29 is 14.3 Å². The molecular formula is C19H23N7O3. The molecule has 10 nitrogen and oxygen atoms in total. The molecule has 5 N–H and O–H groups in total. The van der Waals surface area contributed by atoms with E-state index in [0.717, 1.165) is 11.4 Å². The molecule has 0 saturated carbocycles. The summed E-state index contributed by atoms with van der Waals surface area (Å²) in [6.07, 6.45) is 3.02. The van der Waals surface area contributed by atoms with Crippen molar-refractivity contribution in [3.63, 3.8) is 0 Å². The van der Waals surface area contributed by atoms with E-state index in [2.05, 4.69) is 30.8 Å². The summed E-state index contributed by atoms with van der Waals surface area (Å²) in [6.45, 7) is 5.28. The molecule has 2 heterocycles. The second-order valence-corrected chi connectivity index (χ2v) is 7.22. The number of nitrogen functional groups attached to an aromatic ring is 1. The van der Waals surface area contributed by atoms with Gasteiger partial charge in [0.2, 0.25) is 5.95 Å². The van der Waals surface area contributed by atoms with Crippen LogP contribution in [0.3, 0.4) is 0 Å². The average molecular weight is 397 g/mol. The second-order valence-electron chi connectivity index (χ2n) is 7.22. The van der Waals surface area contributed by atoms with Gasteiger partial charge in [0.05, 0.1) is 24.4 Å². The van der Waals surface area contributed by atoms with E-state index in [9.17, 15) is 4.79 Å². The summed E-state index contributed by atoms with van der Waals surface area (Å²) < 4.78 is 10.5. The van der Waals surface area contributed by atoms with E-state index >= 15 is 0 Å². The maximum absolute atomic E-state index is 12.1. The number of nitrogens with one attached hydrogen (secondary N) is 3. The number of nitrogens with two attached hydrogens (primary N) is 1. The lowest BCUT2D eigenvalue weighted by Gasteiger charge is -2.15. The topological polar surface area (TPSA) is 140 Å². The maximum atomic E-state index is 12.1. The molecule has 10 heteroatoms. The van der Waals surface area contributed by atoms with Crippen molar-refractivity contribution in [1.29, 1.82) is 0 Å². The third-order valence-electron chi connectivity index (χ3n) is 3.82. The molecule has 0 unspecified atom stereocenters. The molecule has 0 aliphatic carbocycles. The number of methoxy groups -OCH3 is 1. The fourth-order valence-corrected chi connectivity index (χ4v) is 2.17. The Hall–Kier alpha value is -3.82. The number of hydrogen-bond acceptors (Lipinski definition) is 9. The molecule has 29 heavy (non-hydrogen) atoms. The Labute approximate surface area is 167 Å². The second kappa shape index (κ2) is 8.05. The number of H-pyrrole nitrogens is 1. The van der Waals surface area contributed by atoms with Gasteiger partial charge in [-0.25, -0.2) is 4.98 Å². The minimum Gasteiger partial charge on any atom is -0.497 e. The van der Waals surface area contributed by atoms with E-state index in [4.69, 9.17) is 15.2 Å². The smallest absolute Gasteiger partial charge is 0.318 e. The van der Waals surface area contributed by atoms with Crippen LogP contribution >= 0.6 is 0 Å². The first-order valence-corrected chi connectivity index (χ1v) is 8.83. The monoisotopic (exact) mass is 397 g/mol. The fraction of sp³-hybridized carbons (Fsp3) is 0.263. The largest absolute Gasteiger partial charge is 0.497 e. The summed E-state index contributed by atoms with van der Waals surface area (Å²) in [5, 5.41) is 12.7. The van der Waals surface area contributed by atoms with Gasteiger partial charge < -0.3 is 25.8 Å². The molecule has 0 fully saturated rings. The third-order valence-corrected chi connectivity index (χ3v) is 3.82. The molecule has 152 valence electrons. The molecule has 1 aromatic carbocycles. The molecule has 0 amide bonds. The summed E-state index contributed by atoms with van der Waals surface area (Å²) in [5.41, 5.74) is 6.89. The highest BCUT2D eigenvalue weighted by Gasteiger charge is 2.25. The van der Waals surface area contributed by atoms with Crippen LogP contribution in [0.1, 0.15) is 20.8 Å². The van der Waals surface area contributed by atoms with Crippen LogP contribution in [-0.4, -0.2) is 33.2 Å². The van der Waals surface area contributed by atoms with Gasteiger partial charge in [-0.15, -0.1) is 5.10 Å². The minimum atomic E-state index is -0.663. The zero-order valence-electron chi connectivity index (χ0n) is 16.6. The van der Waals surface area contributed by atoms with Gasteiger partial charge in [0.1, 0.15) is 11.4 Å². The SMILES string of the molecule is COc1ccc(Nc2nc(Nc3c[nH]nc3OC(=O)C(C)(C)C)ncc2N)cc1. The van der Waals surface area contributed by atoms with Crippen LogP contribution in [-0.2, 0) is 4.79 Å². The van der Waals surface area contributed by atoms with Crippen molar-refractivity contribution in [2.24, 2.45) is 5.41 Å². The van der Waals surface area contributed by atoms with Crippen LogP contribution in [0.2, 0.25) is 0 Å². The highest BCUT2D eigenvalue weighted by atomic mass is 16.5. The number of hydrogen-bond donors (Lipinski definition) is 4. The van der Waals surface area contributed by atoms with E-state index in [1.165, 1.54) is 6.20 Å². The van der Waals surface area contributed by atoms with Crippen LogP contribution < -0.4 is 25.8 Å². The minimum absolute atomic E-state index is 0.106. The Balaban J connectivity index is 1.77. The number of aromatic amines is 1. The quantitative estimate of drug-likeness (QED) is 0.461. The van der Waals surface area contributed by atoms with E-state index in [0.29, 0.717) is 17.2 Å². The number of esters is 1. The number of benzene rings is 1. The van der Waals surface area contributed by atoms with Gasteiger partial charge in [-0.2, -0.15) is 4.98 Å². The Bertz CT molecular complexity index is 994. The van der Waals surface area contributed by atoms with E-state index < -0.39 is 11.4 Å². The lowest BCUT2D eigenvalue weighted by Crippen LogP contribution is -2.26. The normalized spacial score (nSPS) is 11.0. The highest BCUT2D eigenvalue weighted by molar-refractivity contribution is 5.79. The van der Waals surface area contributed by atoms with Crippen molar-refractivity contribution >= 4 is 34.8 Å². The first kappa shape index (κ1) is 19.9. The molecular weight excluding hydrogens is 374 g/mol. The van der Waals surface area contributed by atoms with E-state index in [-0.39, 0.29) is 11.8 Å². The Kier molecular flexibility index (Phi) is 5.53. The van der Waals surface area contributed by atoms with Crippen LogP contribution in [0.5, 0.6) is 11.6 Å². The molecule has 3 rings (SSSR count). The number of aromatic nitrogens is 4. The lowest BCUT2D eigenvalue weighted by molar-refractivity contribution is -0.143. The summed E-state index contributed by atoms with van der Waals surface area (Å²) in [5.74, 6) is 1.11.